The van der Waals surface area contributed by atoms with E-state index in [9.17, 15) is 26.4 Å². The van der Waals surface area contributed by atoms with Gasteiger partial charge in [0.2, 0.25) is 15.9 Å². The van der Waals surface area contributed by atoms with Crippen LogP contribution in [0, 0.1) is 13.8 Å². The molecule has 1 aromatic heterocycles. The van der Waals surface area contributed by atoms with Crippen LogP contribution in [0.2, 0.25) is 0 Å². The Morgan fingerprint density at radius 2 is 1.81 bits per heavy atom. The Hall–Kier alpha value is -2.40. The van der Waals surface area contributed by atoms with E-state index in [1.807, 2.05) is 0 Å². The Bertz CT molecular complexity index is 902. The highest BCUT2D eigenvalue weighted by Crippen LogP contribution is 2.29. The number of carbonyl (C=O) groups excluding carboxylic acids is 1. The minimum absolute atomic E-state index is 0.0473. The number of amides is 1. The van der Waals surface area contributed by atoms with E-state index < -0.39 is 33.7 Å². The molecular weight excluding hydrogens is 387 g/mol. The lowest BCUT2D eigenvalue weighted by Crippen LogP contribution is -2.44. The summed E-state index contributed by atoms with van der Waals surface area (Å²) in [6, 6.07) is 3.18. The van der Waals surface area contributed by atoms with Crippen LogP contribution in [0.25, 0.3) is 0 Å². The molecule has 0 fully saturated rings. The molecule has 1 amide bonds. The predicted molar refractivity (Wildman–Crippen MR) is 89.1 cm³/mol. The van der Waals surface area contributed by atoms with Crippen LogP contribution in [0.1, 0.15) is 29.5 Å². The minimum Gasteiger partial charge on any atom is -0.360 e. The molecule has 0 saturated heterocycles. The minimum atomic E-state index is -4.44. The molecule has 1 heterocycles. The highest BCUT2D eigenvalue weighted by Gasteiger charge is 2.30. The maximum atomic E-state index is 12.5. The van der Waals surface area contributed by atoms with Crippen LogP contribution in [0.3, 0.4) is 0 Å². The summed E-state index contributed by atoms with van der Waals surface area (Å²) in [5.74, 6) is -0.539. The molecule has 7 nitrogen and oxygen atoms in total. The van der Waals surface area contributed by atoms with E-state index in [2.05, 4.69) is 15.2 Å². The van der Waals surface area contributed by atoms with Gasteiger partial charge in [-0.15, -0.1) is 0 Å². The van der Waals surface area contributed by atoms with Gasteiger partial charge in [0.15, 0.2) is 5.76 Å². The van der Waals surface area contributed by atoms with Gasteiger partial charge in [-0.3, -0.25) is 4.79 Å². The van der Waals surface area contributed by atoms with Gasteiger partial charge in [-0.05, 0) is 38.5 Å². The summed E-state index contributed by atoms with van der Waals surface area (Å²) < 4.78 is 69.3. The highest BCUT2D eigenvalue weighted by molar-refractivity contribution is 7.89. The summed E-state index contributed by atoms with van der Waals surface area (Å²) in [4.78, 5) is 12.0. The monoisotopic (exact) mass is 405 g/mol. The quantitative estimate of drug-likeness (QED) is 0.768. The third-order valence-electron chi connectivity index (χ3n) is 3.71. The smallest absolute Gasteiger partial charge is 0.360 e. The normalized spacial score (nSPS) is 13.4. The number of hydrogen-bond donors (Lipinski definition) is 2. The van der Waals surface area contributed by atoms with Crippen LogP contribution >= 0.6 is 0 Å². The molecule has 1 aromatic carbocycles. The molecule has 148 valence electrons. The van der Waals surface area contributed by atoms with Crippen molar-refractivity contribution in [1.82, 2.24) is 15.2 Å². The first-order chi connectivity index (χ1) is 12.4. The summed E-state index contributed by atoms with van der Waals surface area (Å²) in [7, 11) is -4.02. The molecule has 0 bridgehead atoms. The van der Waals surface area contributed by atoms with Crippen LogP contribution in [0.15, 0.2) is 33.7 Å². The van der Waals surface area contributed by atoms with Gasteiger partial charge in [0.1, 0.15) is 10.6 Å². The zero-order valence-corrected chi connectivity index (χ0v) is 15.5. The Morgan fingerprint density at radius 1 is 1.22 bits per heavy atom. The molecule has 2 rings (SSSR count). The molecule has 0 unspecified atom stereocenters. The van der Waals surface area contributed by atoms with Gasteiger partial charge in [-0.25, -0.2) is 8.42 Å². The first-order valence-corrected chi connectivity index (χ1v) is 9.29. The second-order valence-electron chi connectivity index (χ2n) is 5.91. The Balaban J connectivity index is 1.98. The SMILES string of the molecule is Cc1noc(C)c1S(=O)(=O)N[C@@H](C)C(=O)NCc1ccc(C(F)(F)F)cc1. The molecule has 0 saturated carbocycles. The van der Waals surface area contributed by atoms with Crippen LogP contribution < -0.4 is 10.0 Å². The van der Waals surface area contributed by atoms with Crippen molar-refractivity contribution in [3.8, 4) is 0 Å². The van der Waals surface area contributed by atoms with Gasteiger partial charge < -0.3 is 9.84 Å². The van der Waals surface area contributed by atoms with E-state index in [-0.39, 0.29) is 22.9 Å². The van der Waals surface area contributed by atoms with Gasteiger partial charge in [0.25, 0.3) is 0 Å². The van der Waals surface area contributed by atoms with E-state index in [1.165, 1.54) is 32.9 Å². The number of hydrogen-bond acceptors (Lipinski definition) is 5. The Labute approximate surface area is 154 Å². The molecule has 0 aliphatic heterocycles. The van der Waals surface area contributed by atoms with Crippen molar-refractivity contribution in [1.29, 1.82) is 0 Å². The first kappa shape index (κ1) is 20.9. The fraction of sp³-hybridized carbons (Fsp3) is 0.375. The second-order valence-corrected chi connectivity index (χ2v) is 7.56. The highest BCUT2D eigenvalue weighted by atomic mass is 32.2. The zero-order valence-electron chi connectivity index (χ0n) is 14.7. The summed E-state index contributed by atoms with van der Waals surface area (Å²) in [5.41, 5.74) is -0.187. The maximum absolute atomic E-state index is 12.5. The molecule has 27 heavy (non-hydrogen) atoms. The number of sulfonamides is 1. The van der Waals surface area contributed by atoms with Crippen molar-refractivity contribution in [2.45, 2.75) is 44.4 Å². The second kappa shape index (κ2) is 7.69. The summed E-state index contributed by atoms with van der Waals surface area (Å²) in [6.07, 6.45) is -4.44. The number of alkyl halides is 3. The van der Waals surface area contributed by atoms with E-state index in [0.29, 0.717) is 5.56 Å². The van der Waals surface area contributed by atoms with E-state index in [4.69, 9.17) is 4.52 Å². The van der Waals surface area contributed by atoms with Crippen molar-refractivity contribution in [2.75, 3.05) is 0 Å². The maximum Gasteiger partial charge on any atom is 0.416 e. The number of carbonyl (C=O) groups is 1. The third kappa shape index (κ3) is 5.07. The molecule has 2 aromatic rings. The summed E-state index contributed by atoms with van der Waals surface area (Å²) >= 11 is 0. The lowest BCUT2D eigenvalue weighted by atomic mass is 10.1. The molecule has 0 aliphatic carbocycles. The molecule has 0 aliphatic rings. The number of rotatable bonds is 6. The molecule has 11 heteroatoms. The molecule has 0 spiro atoms. The van der Waals surface area contributed by atoms with Gasteiger partial charge >= 0.3 is 6.18 Å². The third-order valence-corrected chi connectivity index (χ3v) is 5.49. The molecule has 1 atom stereocenters. The van der Waals surface area contributed by atoms with Crippen molar-refractivity contribution >= 4 is 15.9 Å². The van der Waals surface area contributed by atoms with Crippen LogP contribution in [-0.2, 0) is 27.5 Å². The fourth-order valence-electron chi connectivity index (χ4n) is 2.36. The lowest BCUT2D eigenvalue weighted by molar-refractivity contribution is -0.137. The van der Waals surface area contributed by atoms with Crippen molar-refractivity contribution in [3.63, 3.8) is 0 Å². The van der Waals surface area contributed by atoms with Crippen LogP contribution in [0.5, 0.6) is 0 Å². The van der Waals surface area contributed by atoms with Crippen molar-refractivity contribution in [3.05, 3.63) is 46.8 Å². The van der Waals surface area contributed by atoms with Gasteiger partial charge in [0, 0.05) is 6.54 Å². The van der Waals surface area contributed by atoms with Crippen molar-refractivity contribution < 1.29 is 30.9 Å². The number of nitrogens with zero attached hydrogens (tertiary/aromatic N) is 1. The number of aryl methyl sites for hydroxylation is 2. The Kier molecular flexibility index (Phi) is 5.95. The van der Waals surface area contributed by atoms with Gasteiger partial charge in [-0.2, -0.15) is 17.9 Å². The van der Waals surface area contributed by atoms with Crippen molar-refractivity contribution in [2.24, 2.45) is 0 Å². The van der Waals surface area contributed by atoms with E-state index >= 15 is 0 Å². The topological polar surface area (TPSA) is 101 Å². The fourth-order valence-corrected chi connectivity index (χ4v) is 3.89. The number of aromatic nitrogens is 1. The largest absolute Gasteiger partial charge is 0.416 e. The lowest BCUT2D eigenvalue weighted by Gasteiger charge is -2.14. The summed E-state index contributed by atoms with van der Waals surface area (Å²) in [5, 5.41) is 6.03. The van der Waals surface area contributed by atoms with Crippen LogP contribution in [-0.4, -0.2) is 25.5 Å². The summed E-state index contributed by atoms with van der Waals surface area (Å²) in [6.45, 7) is 4.19. The van der Waals surface area contributed by atoms with E-state index in [1.54, 1.807) is 0 Å². The first-order valence-electron chi connectivity index (χ1n) is 7.81. The number of benzene rings is 1. The van der Waals surface area contributed by atoms with E-state index in [0.717, 1.165) is 12.1 Å². The predicted octanol–water partition coefficient (Wildman–Crippen LogP) is 2.29. The number of nitrogens with one attached hydrogen (secondary N) is 2. The zero-order chi connectivity index (χ0) is 20.4. The van der Waals surface area contributed by atoms with Gasteiger partial charge in [0.05, 0.1) is 11.6 Å². The van der Waals surface area contributed by atoms with Gasteiger partial charge in [-0.1, -0.05) is 17.3 Å². The number of halogens is 3. The molecule has 0 radical (unpaired) electrons. The average Bonchev–Trinajstić information content (AvgIpc) is 2.91. The molecular formula is C16H18F3N3O4S. The molecule has 2 N–H and O–H groups in total. The standard InChI is InChI=1S/C16H18F3N3O4S/c1-9-14(11(3)26-21-9)27(24,25)22-10(2)15(23)20-8-12-4-6-13(7-5-12)16(17,18)19/h4-7,10,22H,8H2,1-3H3,(H,20,23)/t10-/m0/s1. The average molecular weight is 405 g/mol. The Morgan fingerprint density at radius 3 is 2.30 bits per heavy atom. The van der Waals surface area contributed by atoms with Crippen LogP contribution in [0.4, 0.5) is 13.2 Å².